The predicted molar refractivity (Wildman–Crippen MR) is 85.2 cm³/mol. The zero-order valence-corrected chi connectivity index (χ0v) is 13.4. The van der Waals surface area contributed by atoms with Gasteiger partial charge < -0.3 is 9.84 Å². The van der Waals surface area contributed by atoms with Gasteiger partial charge in [0.1, 0.15) is 11.8 Å². The molecule has 1 unspecified atom stereocenters. The summed E-state index contributed by atoms with van der Waals surface area (Å²) in [5.74, 6) is 0. The maximum absolute atomic E-state index is 12.2. The van der Waals surface area contributed by atoms with Gasteiger partial charge in [0.25, 0.3) is 0 Å². The molecule has 1 aliphatic carbocycles. The second-order valence-electron chi connectivity index (χ2n) is 7.26. The Labute approximate surface area is 130 Å². The lowest BCUT2D eigenvalue weighted by molar-refractivity contribution is -0.0571. The summed E-state index contributed by atoms with van der Waals surface area (Å²) in [6.07, 6.45) is 4.50. The Morgan fingerprint density at radius 2 is 1.86 bits per heavy atom. The molecule has 1 fully saturated rings. The molecule has 0 saturated carbocycles. The normalized spacial score (nSPS) is 22.7. The van der Waals surface area contributed by atoms with Crippen LogP contribution in [0.2, 0.25) is 0 Å². The Bertz CT molecular complexity index is 667. The summed E-state index contributed by atoms with van der Waals surface area (Å²) in [6, 6.07) is 8.23. The molecule has 2 aliphatic rings. The summed E-state index contributed by atoms with van der Waals surface area (Å²) in [4.78, 5) is 13.6. The van der Waals surface area contributed by atoms with E-state index in [1.807, 2.05) is 32.9 Å². The highest BCUT2D eigenvalue weighted by molar-refractivity contribution is 5.69. The fraction of sp³-hybridized carbons (Fsp3) is 0.500. The van der Waals surface area contributed by atoms with E-state index in [0.29, 0.717) is 13.0 Å². The summed E-state index contributed by atoms with van der Waals surface area (Å²) in [6.45, 7) is 5.99. The molecular weight excluding hydrogens is 278 g/mol. The van der Waals surface area contributed by atoms with E-state index in [9.17, 15) is 9.90 Å². The highest BCUT2D eigenvalue weighted by Gasteiger charge is 2.40. The van der Waals surface area contributed by atoms with Gasteiger partial charge in [0, 0.05) is 18.4 Å². The maximum Gasteiger partial charge on any atom is 0.412 e. The van der Waals surface area contributed by atoms with Gasteiger partial charge in [-0.15, -0.1) is 0 Å². The van der Waals surface area contributed by atoms with Crippen molar-refractivity contribution in [2.45, 2.75) is 45.4 Å². The molecule has 1 saturated heterocycles. The molecule has 1 N–H and O–H groups in total. The fourth-order valence-corrected chi connectivity index (χ4v) is 3.26. The van der Waals surface area contributed by atoms with E-state index in [1.54, 1.807) is 0 Å². The van der Waals surface area contributed by atoms with Gasteiger partial charge in [0.2, 0.25) is 0 Å². The molecule has 3 rings (SSSR count). The van der Waals surface area contributed by atoms with Crippen molar-refractivity contribution in [3.8, 4) is 0 Å². The number of hydrogen-bond acceptors (Lipinski definition) is 3. The number of nitrogens with zero attached hydrogens (tertiary/aromatic N) is 1. The summed E-state index contributed by atoms with van der Waals surface area (Å²) in [5, 5.41) is 12.8. The highest BCUT2D eigenvalue weighted by Crippen LogP contribution is 2.39. The topological polar surface area (TPSA) is 49.8 Å². The second-order valence-corrected chi connectivity index (χ2v) is 7.26. The van der Waals surface area contributed by atoms with Gasteiger partial charge >= 0.3 is 6.09 Å². The quantitative estimate of drug-likeness (QED) is 0.792. The SMILES string of the molecule is CC(C)(C)OC(=O)N1CCC2(C=c3ccccc3=C2)CC1O. The molecule has 1 heterocycles. The maximum atomic E-state index is 12.2. The predicted octanol–water partition coefficient (Wildman–Crippen LogP) is 1.60. The second kappa shape index (κ2) is 5.13. The van der Waals surface area contributed by atoms with Gasteiger partial charge in [0.05, 0.1) is 0 Å². The van der Waals surface area contributed by atoms with Crippen LogP contribution in [0.5, 0.6) is 0 Å². The van der Waals surface area contributed by atoms with E-state index in [0.717, 1.165) is 6.42 Å². The molecular formula is C18H23NO3. The molecule has 1 spiro atoms. The van der Waals surface area contributed by atoms with Crippen LogP contribution in [-0.2, 0) is 4.74 Å². The molecule has 0 aromatic heterocycles. The zero-order chi connectivity index (χ0) is 16.0. The average molecular weight is 301 g/mol. The lowest BCUT2D eigenvalue weighted by atomic mass is 9.79. The number of benzene rings is 1. The first-order chi connectivity index (χ1) is 10.3. The first-order valence-corrected chi connectivity index (χ1v) is 7.77. The van der Waals surface area contributed by atoms with Gasteiger partial charge in [-0.3, -0.25) is 4.90 Å². The Balaban J connectivity index is 1.76. The Morgan fingerprint density at radius 1 is 1.27 bits per heavy atom. The largest absolute Gasteiger partial charge is 0.444 e. The van der Waals surface area contributed by atoms with Gasteiger partial charge in [-0.1, -0.05) is 36.4 Å². The van der Waals surface area contributed by atoms with Crippen LogP contribution in [0.4, 0.5) is 4.79 Å². The van der Waals surface area contributed by atoms with Crippen LogP contribution < -0.4 is 10.4 Å². The van der Waals surface area contributed by atoms with Crippen molar-refractivity contribution in [2.24, 2.45) is 5.41 Å². The van der Waals surface area contributed by atoms with Crippen LogP contribution in [0.25, 0.3) is 12.2 Å². The third-order valence-electron chi connectivity index (χ3n) is 4.25. The minimum absolute atomic E-state index is 0.151. The van der Waals surface area contributed by atoms with Gasteiger partial charge in [-0.2, -0.15) is 0 Å². The summed E-state index contributed by atoms with van der Waals surface area (Å²) in [5.41, 5.74) is -0.699. The molecule has 0 radical (unpaired) electrons. The molecule has 1 atom stereocenters. The monoisotopic (exact) mass is 301 g/mol. The van der Waals surface area contributed by atoms with Crippen molar-refractivity contribution in [1.29, 1.82) is 0 Å². The first-order valence-electron chi connectivity index (χ1n) is 7.77. The Kier molecular flexibility index (Phi) is 3.52. The van der Waals surface area contributed by atoms with Gasteiger partial charge in [-0.05, 0) is 37.6 Å². The standard InChI is InChI=1S/C18H23NO3/c1-17(2,3)22-16(21)19-9-8-18(12-15(19)20)10-13-6-4-5-7-14(13)11-18/h4-7,10-11,15,20H,8-9,12H2,1-3H3. The van der Waals surface area contributed by atoms with Crippen LogP contribution in [0.1, 0.15) is 33.6 Å². The number of piperidine rings is 1. The first kappa shape index (κ1) is 15.1. The van der Waals surface area contributed by atoms with E-state index >= 15 is 0 Å². The lowest BCUT2D eigenvalue weighted by Crippen LogP contribution is -2.50. The fourth-order valence-electron chi connectivity index (χ4n) is 3.26. The van der Waals surface area contributed by atoms with E-state index in [4.69, 9.17) is 4.74 Å². The average Bonchev–Trinajstić information content (AvgIpc) is 2.73. The number of fused-ring (bicyclic) bond motifs is 1. The van der Waals surface area contributed by atoms with Gasteiger partial charge in [0.15, 0.2) is 0 Å². The number of carbonyl (C=O) groups excluding carboxylic acids is 1. The number of rotatable bonds is 0. The Morgan fingerprint density at radius 3 is 2.36 bits per heavy atom. The van der Waals surface area contributed by atoms with E-state index < -0.39 is 17.9 Å². The van der Waals surface area contributed by atoms with Crippen LogP contribution >= 0.6 is 0 Å². The van der Waals surface area contributed by atoms with Crippen LogP contribution in [0.15, 0.2) is 24.3 Å². The number of hydrogen-bond donors (Lipinski definition) is 1. The van der Waals surface area contributed by atoms with Crippen molar-refractivity contribution in [1.82, 2.24) is 4.90 Å². The smallest absolute Gasteiger partial charge is 0.412 e. The molecule has 118 valence electrons. The minimum atomic E-state index is -0.814. The summed E-state index contributed by atoms with van der Waals surface area (Å²) >= 11 is 0. The number of aliphatic hydroxyl groups excluding tert-OH is 1. The number of likely N-dealkylation sites (tertiary alicyclic amines) is 1. The van der Waals surface area contributed by atoms with Crippen LogP contribution in [0, 0.1) is 5.41 Å². The lowest BCUT2D eigenvalue weighted by Gasteiger charge is -2.41. The number of aliphatic hydroxyl groups is 1. The van der Waals surface area contributed by atoms with Crippen molar-refractivity contribution in [3.63, 3.8) is 0 Å². The van der Waals surface area contributed by atoms with Crippen molar-refractivity contribution >= 4 is 18.2 Å². The third-order valence-corrected chi connectivity index (χ3v) is 4.25. The van der Waals surface area contributed by atoms with Crippen molar-refractivity contribution < 1.29 is 14.6 Å². The highest BCUT2D eigenvalue weighted by atomic mass is 16.6. The summed E-state index contributed by atoms with van der Waals surface area (Å²) < 4.78 is 5.37. The van der Waals surface area contributed by atoms with E-state index in [-0.39, 0.29) is 5.41 Å². The molecule has 1 aliphatic heterocycles. The Hall–Kier alpha value is -1.81. The molecule has 22 heavy (non-hydrogen) atoms. The minimum Gasteiger partial charge on any atom is -0.444 e. The number of amides is 1. The van der Waals surface area contributed by atoms with Gasteiger partial charge in [-0.25, -0.2) is 4.79 Å². The number of carbonyl (C=O) groups is 1. The molecule has 1 amide bonds. The molecule has 0 bridgehead atoms. The molecule has 4 nitrogen and oxygen atoms in total. The summed E-state index contributed by atoms with van der Waals surface area (Å²) in [7, 11) is 0. The zero-order valence-electron chi connectivity index (χ0n) is 13.4. The number of ether oxygens (including phenoxy) is 1. The van der Waals surface area contributed by atoms with Crippen molar-refractivity contribution in [3.05, 3.63) is 34.7 Å². The third kappa shape index (κ3) is 2.88. The van der Waals surface area contributed by atoms with Crippen LogP contribution in [0.3, 0.4) is 0 Å². The van der Waals surface area contributed by atoms with E-state index in [2.05, 4.69) is 24.3 Å². The van der Waals surface area contributed by atoms with Crippen molar-refractivity contribution in [2.75, 3.05) is 6.54 Å². The molecule has 4 heteroatoms. The van der Waals surface area contributed by atoms with E-state index in [1.165, 1.54) is 15.3 Å². The molecule has 1 aromatic carbocycles. The van der Waals surface area contributed by atoms with Crippen LogP contribution in [-0.4, -0.2) is 34.5 Å². The molecule has 1 aromatic rings.